The lowest BCUT2D eigenvalue weighted by molar-refractivity contribution is -0.147. The number of carbonyl (C=O) groups excluding carboxylic acids is 1. The quantitative estimate of drug-likeness (QED) is 0.730. The van der Waals surface area contributed by atoms with Crippen molar-refractivity contribution in [3.8, 4) is 0 Å². The molecule has 0 aromatic heterocycles. The zero-order chi connectivity index (χ0) is 15.1. The van der Waals surface area contributed by atoms with Gasteiger partial charge in [0.1, 0.15) is 0 Å². The standard InChI is InChI=1S/C13H25N3O4/c1-4-15(5-2)8-10(3)14-13(19)16-6-7-20-9-11(16)12(17)18/h10-11H,4-9H2,1-3H3,(H,14,19)(H,17,18). The van der Waals surface area contributed by atoms with Crippen LogP contribution in [-0.4, -0.2) is 78.4 Å². The van der Waals surface area contributed by atoms with Crippen molar-refractivity contribution in [3.05, 3.63) is 0 Å². The van der Waals surface area contributed by atoms with E-state index in [-0.39, 0.29) is 18.7 Å². The van der Waals surface area contributed by atoms with Gasteiger partial charge in [0.15, 0.2) is 6.04 Å². The number of likely N-dealkylation sites (N-methyl/N-ethyl adjacent to an activating group) is 1. The van der Waals surface area contributed by atoms with E-state index in [4.69, 9.17) is 9.84 Å². The molecule has 2 unspecified atom stereocenters. The molecule has 2 amide bonds. The van der Waals surface area contributed by atoms with Gasteiger partial charge < -0.3 is 25.0 Å². The molecule has 0 aromatic carbocycles. The van der Waals surface area contributed by atoms with E-state index in [9.17, 15) is 9.59 Å². The molecule has 0 radical (unpaired) electrons. The van der Waals surface area contributed by atoms with Crippen molar-refractivity contribution in [3.63, 3.8) is 0 Å². The summed E-state index contributed by atoms with van der Waals surface area (Å²) in [7, 11) is 0. The van der Waals surface area contributed by atoms with Crippen molar-refractivity contribution in [2.24, 2.45) is 0 Å². The molecule has 0 saturated carbocycles. The average Bonchev–Trinajstić information content (AvgIpc) is 2.44. The summed E-state index contributed by atoms with van der Waals surface area (Å²) in [5.74, 6) is -1.03. The molecule has 2 N–H and O–H groups in total. The number of rotatable bonds is 6. The monoisotopic (exact) mass is 287 g/mol. The smallest absolute Gasteiger partial charge is 0.328 e. The second-order valence-electron chi connectivity index (χ2n) is 4.96. The minimum absolute atomic E-state index is 0.0281. The number of nitrogens with one attached hydrogen (secondary N) is 1. The van der Waals surface area contributed by atoms with E-state index in [1.165, 1.54) is 4.90 Å². The van der Waals surface area contributed by atoms with E-state index in [0.717, 1.165) is 19.6 Å². The molecule has 0 aliphatic carbocycles. The van der Waals surface area contributed by atoms with Crippen LogP contribution < -0.4 is 5.32 Å². The normalized spacial score (nSPS) is 20.8. The first-order valence-corrected chi connectivity index (χ1v) is 7.09. The Morgan fingerprint density at radius 1 is 1.45 bits per heavy atom. The fourth-order valence-corrected chi connectivity index (χ4v) is 2.26. The molecule has 1 heterocycles. The molecule has 1 saturated heterocycles. The number of ether oxygens (including phenoxy) is 1. The summed E-state index contributed by atoms with van der Waals surface area (Å²) < 4.78 is 5.12. The van der Waals surface area contributed by atoms with E-state index in [0.29, 0.717) is 13.2 Å². The predicted molar refractivity (Wildman–Crippen MR) is 74.7 cm³/mol. The van der Waals surface area contributed by atoms with Crippen molar-refractivity contribution in [2.45, 2.75) is 32.9 Å². The van der Waals surface area contributed by atoms with Crippen LogP contribution in [0.4, 0.5) is 4.79 Å². The van der Waals surface area contributed by atoms with Gasteiger partial charge in [0.05, 0.1) is 13.2 Å². The topological polar surface area (TPSA) is 82.1 Å². The van der Waals surface area contributed by atoms with E-state index in [1.54, 1.807) is 0 Å². The Hall–Kier alpha value is -1.34. The van der Waals surface area contributed by atoms with Crippen LogP contribution >= 0.6 is 0 Å². The van der Waals surface area contributed by atoms with E-state index >= 15 is 0 Å². The van der Waals surface area contributed by atoms with Gasteiger partial charge in [0.2, 0.25) is 0 Å². The van der Waals surface area contributed by atoms with Gasteiger partial charge in [-0.05, 0) is 20.0 Å². The average molecular weight is 287 g/mol. The molecule has 1 aliphatic heterocycles. The Labute approximate surface area is 119 Å². The molecule has 116 valence electrons. The minimum Gasteiger partial charge on any atom is -0.480 e. The Morgan fingerprint density at radius 3 is 2.65 bits per heavy atom. The number of hydrogen-bond donors (Lipinski definition) is 2. The lowest BCUT2D eigenvalue weighted by Crippen LogP contribution is -2.57. The summed E-state index contributed by atoms with van der Waals surface area (Å²) in [5.41, 5.74) is 0. The molecule has 2 atom stereocenters. The molecule has 1 rings (SSSR count). The molecule has 7 nitrogen and oxygen atoms in total. The van der Waals surface area contributed by atoms with Crippen LogP contribution in [0.2, 0.25) is 0 Å². The predicted octanol–water partition coefficient (Wildman–Crippen LogP) is 0.212. The van der Waals surface area contributed by atoms with Crippen molar-refractivity contribution in [2.75, 3.05) is 39.4 Å². The van der Waals surface area contributed by atoms with Gasteiger partial charge >= 0.3 is 12.0 Å². The van der Waals surface area contributed by atoms with Gasteiger partial charge in [0, 0.05) is 19.1 Å². The zero-order valence-corrected chi connectivity index (χ0v) is 12.5. The van der Waals surface area contributed by atoms with Crippen LogP contribution in [-0.2, 0) is 9.53 Å². The zero-order valence-electron chi connectivity index (χ0n) is 12.5. The van der Waals surface area contributed by atoms with Gasteiger partial charge in [-0.2, -0.15) is 0 Å². The maximum Gasteiger partial charge on any atom is 0.328 e. The fraction of sp³-hybridized carbons (Fsp3) is 0.846. The number of carboxylic acid groups (broad SMARTS) is 1. The summed E-state index contributed by atoms with van der Waals surface area (Å²) >= 11 is 0. The van der Waals surface area contributed by atoms with E-state index in [2.05, 4.69) is 24.1 Å². The summed E-state index contributed by atoms with van der Waals surface area (Å²) in [6.45, 7) is 9.39. The lowest BCUT2D eigenvalue weighted by atomic mass is 10.2. The van der Waals surface area contributed by atoms with Crippen LogP contribution in [0.15, 0.2) is 0 Å². The molecule has 0 spiro atoms. The van der Waals surface area contributed by atoms with Crippen molar-refractivity contribution >= 4 is 12.0 Å². The maximum atomic E-state index is 12.2. The number of morpholine rings is 1. The third-order valence-corrected chi connectivity index (χ3v) is 3.47. The molecule has 7 heteroatoms. The number of amides is 2. The molecule has 1 fully saturated rings. The lowest BCUT2D eigenvalue weighted by Gasteiger charge is -2.34. The van der Waals surface area contributed by atoms with Crippen molar-refractivity contribution in [1.82, 2.24) is 15.1 Å². The molecule has 0 aromatic rings. The van der Waals surface area contributed by atoms with Crippen LogP contribution in [0.5, 0.6) is 0 Å². The van der Waals surface area contributed by atoms with Gasteiger partial charge in [-0.15, -0.1) is 0 Å². The first-order chi connectivity index (χ1) is 9.49. The molecule has 20 heavy (non-hydrogen) atoms. The van der Waals surface area contributed by atoms with Gasteiger partial charge in [-0.25, -0.2) is 9.59 Å². The maximum absolute atomic E-state index is 12.2. The highest BCUT2D eigenvalue weighted by Crippen LogP contribution is 2.08. The summed E-state index contributed by atoms with van der Waals surface area (Å²) in [4.78, 5) is 26.8. The van der Waals surface area contributed by atoms with Crippen LogP contribution in [0, 0.1) is 0 Å². The fourth-order valence-electron chi connectivity index (χ4n) is 2.26. The first-order valence-electron chi connectivity index (χ1n) is 7.09. The number of urea groups is 1. The Bertz CT molecular complexity index is 334. The number of carbonyl (C=O) groups is 2. The molecule has 1 aliphatic rings. The van der Waals surface area contributed by atoms with Crippen molar-refractivity contribution in [1.29, 1.82) is 0 Å². The van der Waals surface area contributed by atoms with Crippen molar-refractivity contribution < 1.29 is 19.4 Å². The Kier molecular flexibility index (Phi) is 6.74. The van der Waals surface area contributed by atoms with Crippen LogP contribution in [0.3, 0.4) is 0 Å². The molecular formula is C13H25N3O4. The minimum atomic E-state index is -1.03. The Morgan fingerprint density at radius 2 is 2.10 bits per heavy atom. The summed E-state index contributed by atoms with van der Waals surface area (Å²) in [6, 6.07) is -1.26. The SMILES string of the molecule is CCN(CC)CC(C)NC(=O)N1CCOCC1C(=O)O. The highest BCUT2D eigenvalue weighted by molar-refractivity contribution is 5.83. The van der Waals surface area contributed by atoms with Gasteiger partial charge in [0.25, 0.3) is 0 Å². The van der Waals surface area contributed by atoms with Crippen LogP contribution in [0.25, 0.3) is 0 Å². The largest absolute Gasteiger partial charge is 0.480 e. The van der Waals surface area contributed by atoms with Gasteiger partial charge in [-0.3, -0.25) is 0 Å². The molecular weight excluding hydrogens is 262 g/mol. The highest BCUT2D eigenvalue weighted by Gasteiger charge is 2.33. The second kappa shape index (κ2) is 8.06. The Balaban J connectivity index is 2.53. The number of carboxylic acids is 1. The number of hydrogen-bond acceptors (Lipinski definition) is 4. The second-order valence-corrected chi connectivity index (χ2v) is 4.96. The number of aliphatic carboxylic acids is 1. The summed E-state index contributed by atoms with van der Waals surface area (Å²) in [6.07, 6.45) is 0. The third kappa shape index (κ3) is 4.64. The number of nitrogens with zero attached hydrogens (tertiary/aromatic N) is 2. The third-order valence-electron chi connectivity index (χ3n) is 3.47. The molecule has 0 bridgehead atoms. The van der Waals surface area contributed by atoms with Gasteiger partial charge in [-0.1, -0.05) is 13.8 Å². The van der Waals surface area contributed by atoms with Crippen LogP contribution in [0.1, 0.15) is 20.8 Å². The summed E-state index contributed by atoms with van der Waals surface area (Å²) in [5, 5.41) is 12.0. The highest BCUT2D eigenvalue weighted by atomic mass is 16.5. The first kappa shape index (κ1) is 16.7. The van der Waals surface area contributed by atoms with E-state index < -0.39 is 12.0 Å². The van der Waals surface area contributed by atoms with E-state index in [1.807, 2.05) is 6.92 Å².